The van der Waals surface area contributed by atoms with Crippen LogP contribution in [0.5, 0.6) is 5.75 Å². The molecule has 2 amide bonds. The number of nitrogens with one attached hydrogen (secondary N) is 1. The maximum atomic E-state index is 14.4. The molecule has 0 aliphatic carbocycles. The van der Waals surface area contributed by atoms with Crippen LogP contribution in [0, 0.1) is 5.82 Å². The molecule has 0 bridgehead atoms. The molecule has 2 saturated heterocycles. The Morgan fingerprint density at radius 2 is 2.07 bits per heavy atom. The van der Waals surface area contributed by atoms with Crippen molar-refractivity contribution in [3.8, 4) is 5.75 Å². The van der Waals surface area contributed by atoms with Crippen LogP contribution in [0.1, 0.15) is 9.67 Å². The summed E-state index contributed by atoms with van der Waals surface area (Å²) in [6.45, 7) is 0.503. The second-order valence-electron chi connectivity index (χ2n) is 6.19. The molecule has 3 heterocycles. The largest absolute Gasteiger partial charge is 0.573 e. The summed E-state index contributed by atoms with van der Waals surface area (Å²) < 4.78 is 59.7. The number of hydrogen-bond donors (Lipinski definition) is 1. The fraction of sp³-hybridized carbons (Fsp3) is 0.333. The molecule has 0 radical (unpaired) electrons. The molecule has 2 aliphatic heterocycles. The second-order valence-corrected chi connectivity index (χ2v) is 7.59. The Bertz CT molecular complexity index is 971. The number of carbonyl (C=O) groups is 2. The van der Waals surface area contributed by atoms with Gasteiger partial charge in [-0.25, -0.2) is 9.18 Å². The molecule has 27 heavy (non-hydrogen) atoms. The summed E-state index contributed by atoms with van der Waals surface area (Å²) in [5, 5.41) is 2.68. The summed E-state index contributed by atoms with van der Waals surface area (Å²) in [5.41, 5.74) is -0.644. The van der Waals surface area contributed by atoms with Crippen molar-refractivity contribution in [1.82, 2.24) is 10.2 Å². The molecule has 2 aromatic rings. The van der Waals surface area contributed by atoms with E-state index in [1.807, 2.05) is 0 Å². The Morgan fingerprint density at radius 1 is 1.37 bits per heavy atom. The number of benzene rings is 1. The number of fused-ring (bicyclic) bond motifs is 1. The number of ether oxygens (including phenoxy) is 2. The van der Waals surface area contributed by atoms with Gasteiger partial charge in [-0.2, -0.15) is 0 Å². The normalized spacial score (nSPS) is 18.4. The van der Waals surface area contributed by atoms with Gasteiger partial charge in [-0.05, 0) is 12.1 Å². The third-order valence-corrected chi connectivity index (χ3v) is 5.93. The number of thiophene rings is 1. The van der Waals surface area contributed by atoms with E-state index in [1.165, 1.54) is 4.90 Å². The van der Waals surface area contributed by atoms with E-state index in [0.29, 0.717) is 11.3 Å². The topological polar surface area (TPSA) is 67.9 Å². The fourth-order valence-electron chi connectivity index (χ4n) is 3.06. The number of alkyl halides is 3. The number of halogens is 5. The third kappa shape index (κ3) is 3.04. The number of alkyl carbamates (subject to hydrolysis) is 1. The van der Waals surface area contributed by atoms with Gasteiger partial charge in [0.05, 0.1) is 9.72 Å². The van der Waals surface area contributed by atoms with Gasteiger partial charge in [-0.15, -0.1) is 24.5 Å². The molecule has 1 aromatic heterocycles. The molecule has 144 valence electrons. The minimum Gasteiger partial charge on any atom is -0.447 e. The number of nitrogens with zero attached hydrogens (tertiary/aromatic N) is 1. The van der Waals surface area contributed by atoms with Gasteiger partial charge in [0.1, 0.15) is 17.0 Å². The quantitative estimate of drug-likeness (QED) is 0.749. The number of likely N-dealkylation sites (tertiary alicyclic amines) is 1. The molecule has 0 unspecified atom stereocenters. The summed E-state index contributed by atoms with van der Waals surface area (Å²) >= 11 is 6.79. The minimum absolute atomic E-state index is 0.00480. The van der Waals surface area contributed by atoms with Crippen LogP contribution in [0.15, 0.2) is 12.1 Å². The molecule has 2 fully saturated rings. The van der Waals surface area contributed by atoms with E-state index in [4.69, 9.17) is 16.3 Å². The molecule has 2 aliphatic rings. The van der Waals surface area contributed by atoms with E-state index >= 15 is 0 Å². The first kappa shape index (κ1) is 18.1. The zero-order chi connectivity index (χ0) is 19.6. The van der Waals surface area contributed by atoms with Gasteiger partial charge in [-0.1, -0.05) is 11.6 Å². The smallest absolute Gasteiger partial charge is 0.447 e. The third-order valence-electron chi connectivity index (χ3n) is 4.24. The van der Waals surface area contributed by atoms with Crippen LogP contribution in [0.4, 0.5) is 22.4 Å². The average molecular weight is 425 g/mol. The molecule has 0 saturated carbocycles. The summed E-state index contributed by atoms with van der Waals surface area (Å²) in [6, 6.07) is 1.97. The van der Waals surface area contributed by atoms with E-state index in [0.717, 1.165) is 12.1 Å². The lowest BCUT2D eigenvalue weighted by Gasteiger charge is -2.45. The van der Waals surface area contributed by atoms with E-state index in [9.17, 15) is 27.2 Å². The first-order valence-electron chi connectivity index (χ1n) is 7.49. The highest BCUT2D eigenvalue weighted by atomic mass is 35.5. The standard InChI is InChI=1S/C15H9ClF4N2O4S/c16-8-6-1-2-7(26-15(18,19)20)9(17)10(6)27-11(8)12(23)22-3-14(4-22)5-25-13(24)21-14/h1-2H,3-5H2,(H,21,24). The van der Waals surface area contributed by atoms with Crippen molar-refractivity contribution < 1.29 is 36.6 Å². The van der Waals surface area contributed by atoms with Crippen molar-refractivity contribution in [3.63, 3.8) is 0 Å². The highest BCUT2D eigenvalue weighted by Crippen LogP contribution is 2.42. The van der Waals surface area contributed by atoms with Gasteiger partial charge < -0.3 is 19.7 Å². The predicted octanol–water partition coefficient (Wildman–Crippen LogP) is 3.53. The lowest BCUT2D eigenvalue weighted by atomic mass is 9.91. The van der Waals surface area contributed by atoms with Crippen molar-refractivity contribution in [2.45, 2.75) is 11.9 Å². The number of cyclic esters (lactones) is 1. The van der Waals surface area contributed by atoms with Crippen molar-refractivity contribution >= 4 is 45.0 Å². The maximum absolute atomic E-state index is 14.4. The summed E-state index contributed by atoms with van der Waals surface area (Å²) in [4.78, 5) is 25.2. The van der Waals surface area contributed by atoms with E-state index in [1.54, 1.807) is 0 Å². The van der Waals surface area contributed by atoms with E-state index in [-0.39, 0.29) is 39.7 Å². The van der Waals surface area contributed by atoms with E-state index < -0.39 is 35.5 Å². The number of rotatable bonds is 2. The molecule has 12 heteroatoms. The zero-order valence-corrected chi connectivity index (χ0v) is 14.7. The van der Waals surface area contributed by atoms with Gasteiger partial charge >= 0.3 is 12.5 Å². The lowest BCUT2D eigenvalue weighted by Crippen LogP contribution is -2.69. The van der Waals surface area contributed by atoms with Crippen molar-refractivity contribution in [2.24, 2.45) is 0 Å². The van der Waals surface area contributed by atoms with Gasteiger partial charge in [-0.3, -0.25) is 4.79 Å². The lowest BCUT2D eigenvalue weighted by molar-refractivity contribution is -0.275. The zero-order valence-electron chi connectivity index (χ0n) is 13.2. The van der Waals surface area contributed by atoms with Crippen LogP contribution in [0.3, 0.4) is 0 Å². The molecular weight excluding hydrogens is 416 g/mol. The summed E-state index contributed by atoms with van der Waals surface area (Å²) in [7, 11) is 0. The van der Waals surface area contributed by atoms with Crippen molar-refractivity contribution in [3.05, 3.63) is 27.8 Å². The molecule has 6 nitrogen and oxygen atoms in total. The fourth-order valence-corrected chi connectivity index (χ4v) is 4.56. The Labute approximate surface area is 157 Å². The number of amides is 2. The highest BCUT2D eigenvalue weighted by Gasteiger charge is 2.51. The molecule has 1 N–H and O–H groups in total. The van der Waals surface area contributed by atoms with Crippen molar-refractivity contribution in [2.75, 3.05) is 19.7 Å². The second kappa shape index (κ2) is 5.86. The Kier molecular flexibility index (Phi) is 3.93. The average Bonchev–Trinajstić information content (AvgIpc) is 3.09. The maximum Gasteiger partial charge on any atom is 0.573 e. The first-order valence-corrected chi connectivity index (χ1v) is 8.68. The molecule has 1 aromatic carbocycles. The van der Waals surface area contributed by atoms with E-state index in [2.05, 4.69) is 10.1 Å². The minimum atomic E-state index is -5.05. The van der Waals surface area contributed by atoms with Crippen molar-refractivity contribution in [1.29, 1.82) is 0 Å². The van der Waals surface area contributed by atoms with Crippen LogP contribution in [-0.2, 0) is 4.74 Å². The number of hydrogen-bond acceptors (Lipinski definition) is 5. The summed E-state index contributed by atoms with van der Waals surface area (Å²) in [5.74, 6) is -2.75. The Balaban J connectivity index is 1.61. The molecule has 0 atom stereocenters. The van der Waals surface area contributed by atoms with Crippen LogP contribution < -0.4 is 10.1 Å². The van der Waals surface area contributed by atoms with Crippen LogP contribution >= 0.6 is 22.9 Å². The van der Waals surface area contributed by atoms with Crippen LogP contribution in [0.2, 0.25) is 5.02 Å². The van der Waals surface area contributed by atoms with Crippen LogP contribution in [-0.4, -0.2) is 48.5 Å². The first-order chi connectivity index (χ1) is 12.6. The Hall–Kier alpha value is -2.27. The SMILES string of the molecule is O=C1NC2(CO1)CN(C(=O)c1sc3c(F)c(OC(F)(F)F)ccc3c1Cl)C2. The molecule has 4 rings (SSSR count). The van der Waals surface area contributed by atoms with Gasteiger partial charge in [0.25, 0.3) is 5.91 Å². The summed E-state index contributed by atoms with van der Waals surface area (Å²) in [6.07, 6.45) is -5.62. The van der Waals surface area contributed by atoms with Gasteiger partial charge in [0.2, 0.25) is 0 Å². The molecule has 1 spiro atoms. The highest BCUT2D eigenvalue weighted by molar-refractivity contribution is 7.21. The predicted molar refractivity (Wildman–Crippen MR) is 86.6 cm³/mol. The van der Waals surface area contributed by atoms with Crippen LogP contribution in [0.25, 0.3) is 10.1 Å². The number of carbonyl (C=O) groups excluding carboxylic acids is 2. The molecular formula is C15H9ClF4N2O4S. The van der Waals surface area contributed by atoms with Gasteiger partial charge in [0.15, 0.2) is 11.6 Å². The Morgan fingerprint density at radius 3 is 2.67 bits per heavy atom. The monoisotopic (exact) mass is 424 g/mol. The van der Waals surface area contributed by atoms with Gasteiger partial charge in [0, 0.05) is 18.5 Å².